The minimum absolute atomic E-state index is 0.0956. The van der Waals surface area contributed by atoms with Gasteiger partial charge < -0.3 is 24.8 Å². The Kier molecular flexibility index (Phi) is 7.82. The smallest absolute Gasteiger partial charge is 0.408 e. The number of alkyl carbamates (subject to hydrolysis) is 1. The lowest BCUT2D eigenvalue weighted by Crippen LogP contribution is -2.57. The number of carbonyl (C=O) groups is 3. The molecule has 1 aliphatic heterocycles. The Morgan fingerprint density at radius 2 is 1.94 bits per heavy atom. The summed E-state index contributed by atoms with van der Waals surface area (Å²) in [4.78, 5) is 44.9. The second-order valence-corrected chi connectivity index (χ2v) is 11.4. The van der Waals surface area contributed by atoms with Crippen molar-refractivity contribution in [1.29, 1.82) is 0 Å². The summed E-state index contributed by atoms with van der Waals surface area (Å²) in [5.74, 6) is -1.01. The molecule has 10 heteroatoms. The van der Waals surface area contributed by atoms with E-state index >= 15 is 0 Å². The van der Waals surface area contributed by atoms with E-state index in [-0.39, 0.29) is 19.1 Å². The van der Waals surface area contributed by atoms with E-state index < -0.39 is 41.6 Å². The summed E-state index contributed by atoms with van der Waals surface area (Å²) >= 11 is 1.56. The Morgan fingerprint density at radius 1 is 1.19 bits per heavy atom. The number of rotatable bonds is 7. The minimum atomic E-state index is -1.11. The van der Waals surface area contributed by atoms with Gasteiger partial charge in [-0.15, -0.1) is 11.3 Å². The van der Waals surface area contributed by atoms with Gasteiger partial charge in [-0.2, -0.15) is 0 Å². The van der Waals surface area contributed by atoms with Crippen LogP contribution in [0.4, 0.5) is 4.79 Å². The standard InChI is InChI=1S/C26H33N3O6S/c1-26(2,3)22(28-25(33)35-16-7-4-5-8-16)23(30)29-15-18(14-20(29)24(31)32)34-17-10-11-27-19(13-17)21-9-6-12-36-21/h6,9-13,16,18,20,22H,4-5,7-8,14-15H2,1-3H3,(H,28,33)(H,31,32). The molecule has 2 fully saturated rings. The molecule has 0 bridgehead atoms. The van der Waals surface area contributed by atoms with E-state index in [9.17, 15) is 19.5 Å². The molecule has 1 saturated heterocycles. The lowest BCUT2D eigenvalue weighted by Gasteiger charge is -2.34. The van der Waals surface area contributed by atoms with Crippen molar-refractivity contribution in [3.63, 3.8) is 0 Å². The molecular formula is C26H33N3O6S. The number of nitrogens with one attached hydrogen (secondary N) is 1. The molecule has 3 unspecified atom stereocenters. The van der Waals surface area contributed by atoms with Crippen LogP contribution in [0.1, 0.15) is 52.9 Å². The molecule has 3 heterocycles. The van der Waals surface area contributed by atoms with Crippen LogP contribution in [0.2, 0.25) is 0 Å². The van der Waals surface area contributed by atoms with E-state index in [4.69, 9.17) is 9.47 Å². The molecule has 2 aromatic heterocycles. The number of thiophene rings is 1. The topological polar surface area (TPSA) is 118 Å². The summed E-state index contributed by atoms with van der Waals surface area (Å²) in [6, 6.07) is 5.43. The molecule has 3 atom stereocenters. The normalized spacial score (nSPS) is 21.2. The van der Waals surface area contributed by atoms with Crippen LogP contribution in [0.25, 0.3) is 10.6 Å². The molecule has 1 aliphatic carbocycles. The number of aliphatic carboxylic acids is 1. The fraction of sp³-hybridized carbons (Fsp3) is 0.538. The Labute approximate surface area is 214 Å². The van der Waals surface area contributed by atoms with Gasteiger partial charge in [0.05, 0.1) is 17.1 Å². The number of carbonyl (C=O) groups excluding carboxylic acids is 2. The molecular weight excluding hydrogens is 482 g/mol. The third-order valence-electron chi connectivity index (χ3n) is 6.59. The van der Waals surface area contributed by atoms with Crippen LogP contribution in [0.5, 0.6) is 5.75 Å². The quantitative estimate of drug-likeness (QED) is 0.564. The van der Waals surface area contributed by atoms with Crippen molar-refractivity contribution in [3.8, 4) is 16.3 Å². The first-order chi connectivity index (χ1) is 17.1. The molecule has 0 spiro atoms. The number of hydrogen-bond acceptors (Lipinski definition) is 7. The van der Waals surface area contributed by atoms with Gasteiger partial charge in [0.25, 0.3) is 0 Å². The number of aromatic nitrogens is 1. The SMILES string of the molecule is CC(C)(C)C(NC(=O)OC1CCCC1)C(=O)N1CC(Oc2ccnc(-c3cccs3)c2)CC1C(=O)O. The minimum Gasteiger partial charge on any atom is -0.488 e. The predicted octanol–water partition coefficient (Wildman–Crippen LogP) is 4.33. The van der Waals surface area contributed by atoms with Gasteiger partial charge in [0.1, 0.15) is 30.0 Å². The van der Waals surface area contributed by atoms with E-state index in [2.05, 4.69) is 10.3 Å². The van der Waals surface area contributed by atoms with Crippen LogP contribution in [0, 0.1) is 5.41 Å². The lowest BCUT2D eigenvalue weighted by atomic mass is 9.85. The van der Waals surface area contributed by atoms with Gasteiger partial charge in [-0.1, -0.05) is 26.8 Å². The van der Waals surface area contributed by atoms with Crippen LogP contribution in [0.15, 0.2) is 35.8 Å². The molecule has 2 aromatic rings. The first kappa shape index (κ1) is 25.9. The maximum Gasteiger partial charge on any atom is 0.408 e. The molecule has 2 aliphatic rings. The molecule has 2 N–H and O–H groups in total. The molecule has 1 saturated carbocycles. The zero-order valence-corrected chi connectivity index (χ0v) is 21.6. The van der Waals surface area contributed by atoms with Crippen LogP contribution in [-0.4, -0.2) is 63.8 Å². The van der Waals surface area contributed by atoms with E-state index in [0.29, 0.717) is 5.75 Å². The van der Waals surface area contributed by atoms with Crippen molar-refractivity contribution in [2.24, 2.45) is 5.41 Å². The highest BCUT2D eigenvalue weighted by atomic mass is 32.1. The molecule has 0 aromatic carbocycles. The summed E-state index contributed by atoms with van der Waals surface area (Å²) in [6.45, 7) is 5.58. The summed E-state index contributed by atoms with van der Waals surface area (Å²) in [5.41, 5.74) is 0.107. The summed E-state index contributed by atoms with van der Waals surface area (Å²) in [6.07, 6.45) is 4.15. The fourth-order valence-corrected chi connectivity index (χ4v) is 5.41. The van der Waals surface area contributed by atoms with Gasteiger partial charge >= 0.3 is 12.1 Å². The highest BCUT2D eigenvalue weighted by Gasteiger charge is 2.46. The second-order valence-electron chi connectivity index (χ2n) is 10.4. The molecule has 4 rings (SSSR count). The highest BCUT2D eigenvalue weighted by Crippen LogP contribution is 2.30. The maximum atomic E-state index is 13.6. The Bertz CT molecular complexity index is 1080. The van der Waals surface area contributed by atoms with Crippen molar-refractivity contribution in [2.75, 3.05) is 6.54 Å². The number of ether oxygens (including phenoxy) is 2. The van der Waals surface area contributed by atoms with Gasteiger partial charge in [-0.3, -0.25) is 9.78 Å². The van der Waals surface area contributed by atoms with Crippen LogP contribution in [0.3, 0.4) is 0 Å². The summed E-state index contributed by atoms with van der Waals surface area (Å²) in [5, 5.41) is 14.5. The largest absolute Gasteiger partial charge is 0.488 e. The van der Waals surface area contributed by atoms with Gasteiger partial charge in [0.2, 0.25) is 5.91 Å². The predicted molar refractivity (Wildman–Crippen MR) is 135 cm³/mol. The average molecular weight is 516 g/mol. The number of carboxylic acid groups (broad SMARTS) is 1. The summed E-state index contributed by atoms with van der Waals surface area (Å²) < 4.78 is 11.6. The Balaban J connectivity index is 1.47. The number of nitrogens with zero attached hydrogens (tertiary/aromatic N) is 2. The number of likely N-dealkylation sites (tertiary alicyclic amines) is 1. The number of hydrogen-bond donors (Lipinski definition) is 2. The van der Waals surface area contributed by atoms with Crippen molar-refractivity contribution < 1.29 is 29.0 Å². The van der Waals surface area contributed by atoms with Gasteiger partial charge in [-0.25, -0.2) is 9.59 Å². The Hall–Kier alpha value is -3.14. The highest BCUT2D eigenvalue weighted by molar-refractivity contribution is 7.13. The van der Waals surface area contributed by atoms with E-state index in [1.54, 1.807) is 23.6 Å². The zero-order chi connectivity index (χ0) is 25.9. The third-order valence-corrected chi connectivity index (χ3v) is 7.48. The van der Waals surface area contributed by atoms with Crippen LogP contribution in [-0.2, 0) is 14.3 Å². The van der Waals surface area contributed by atoms with Crippen molar-refractivity contribution in [1.82, 2.24) is 15.2 Å². The van der Waals surface area contributed by atoms with E-state index in [1.807, 2.05) is 44.4 Å². The molecule has 0 radical (unpaired) electrons. The zero-order valence-electron chi connectivity index (χ0n) is 20.8. The molecule has 36 heavy (non-hydrogen) atoms. The monoisotopic (exact) mass is 515 g/mol. The molecule has 9 nitrogen and oxygen atoms in total. The van der Waals surface area contributed by atoms with Crippen molar-refractivity contribution in [3.05, 3.63) is 35.8 Å². The van der Waals surface area contributed by atoms with E-state index in [1.165, 1.54) is 4.90 Å². The van der Waals surface area contributed by atoms with Crippen LogP contribution >= 0.6 is 11.3 Å². The molecule has 194 valence electrons. The fourth-order valence-electron chi connectivity index (χ4n) is 4.72. The third kappa shape index (κ3) is 6.16. The summed E-state index contributed by atoms with van der Waals surface area (Å²) in [7, 11) is 0. The average Bonchev–Trinajstić information content (AvgIpc) is 3.58. The van der Waals surface area contributed by atoms with Crippen LogP contribution < -0.4 is 10.1 Å². The number of carboxylic acids is 1. The van der Waals surface area contributed by atoms with Crippen molar-refractivity contribution in [2.45, 2.75) is 77.2 Å². The van der Waals surface area contributed by atoms with Gasteiger partial charge in [0.15, 0.2) is 0 Å². The molecule has 2 amide bonds. The first-order valence-corrected chi connectivity index (χ1v) is 13.2. The number of pyridine rings is 1. The first-order valence-electron chi connectivity index (χ1n) is 12.3. The second kappa shape index (κ2) is 10.9. The van der Waals surface area contributed by atoms with E-state index in [0.717, 1.165) is 36.3 Å². The maximum absolute atomic E-state index is 13.6. The van der Waals surface area contributed by atoms with Gasteiger partial charge in [-0.05, 0) is 48.6 Å². The van der Waals surface area contributed by atoms with Crippen molar-refractivity contribution >= 4 is 29.3 Å². The van der Waals surface area contributed by atoms with Gasteiger partial charge in [0, 0.05) is 18.7 Å². The Morgan fingerprint density at radius 3 is 2.58 bits per heavy atom. The number of amides is 2. The lowest BCUT2D eigenvalue weighted by molar-refractivity contribution is -0.150.